The Hall–Kier alpha value is -3.62. The molecule has 0 radical (unpaired) electrons. The van der Waals surface area contributed by atoms with E-state index in [1.165, 1.54) is 12.1 Å². The van der Waals surface area contributed by atoms with Gasteiger partial charge >= 0.3 is 0 Å². The minimum Gasteiger partial charge on any atom is -0.327 e. The van der Waals surface area contributed by atoms with Gasteiger partial charge in [0.05, 0.1) is 12.5 Å². The van der Waals surface area contributed by atoms with Crippen LogP contribution in [0, 0.1) is 12.7 Å². The van der Waals surface area contributed by atoms with Crippen LogP contribution in [0.3, 0.4) is 0 Å². The molecule has 1 atom stereocenters. The van der Waals surface area contributed by atoms with Gasteiger partial charge in [0.1, 0.15) is 17.3 Å². The van der Waals surface area contributed by atoms with Crippen molar-refractivity contribution >= 4 is 17.6 Å². The molecule has 2 aliphatic rings. The van der Waals surface area contributed by atoms with Crippen LogP contribution in [0.5, 0.6) is 0 Å². The topological polar surface area (TPSA) is 84.2 Å². The number of aryl methyl sites for hydroxylation is 2. The van der Waals surface area contributed by atoms with Crippen LogP contribution in [0.2, 0.25) is 0 Å². The molecule has 2 amide bonds. The zero-order valence-electron chi connectivity index (χ0n) is 18.7. The molecule has 1 fully saturated rings. The third-order valence-electron chi connectivity index (χ3n) is 6.48. The minimum absolute atomic E-state index is 0.0177. The zero-order chi connectivity index (χ0) is 23.1. The van der Waals surface area contributed by atoms with Crippen LogP contribution in [-0.4, -0.2) is 49.6 Å². The van der Waals surface area contributed by atoms with E-state index in [0.717, 1.165) is 29.7 Å². The summed E-state index contributed by atoms with van der Waals surface area (Å²) in [7, 11) is 1.75. The first-order valence-electron chi connectivity index (χ1n) is 11.1. The second kappa shape index (κ2) is 8.38. The van der Waals surface area contributed by atoms with Gasteiger partial charge in [0.25, 0.3) is 5.91 Å². The van der Waals surface area contributed by atoms with Gasteiger partial charge in [-0.15, -0.1) is 0 Å². The molecular formula is C24H25FN6O2. The van der Waals surface area contributed by atoms with Gasteiger partial charge < -0.3 is 4.90 Å². The van der Waals surface area contributed by atoms with Crippen LogP contribution in [0.1, 0.15) is 52.0 Å². The normalized spacial score (nSPS) is 17.7. The summed E-state index contributed by atoms with van der Waals surface area (Å²) in [6, 6.07) is 7.77. The molecule has 0 bridgehead atoms. The molecule has 0 saturated carbocycles. The van der Waals surface area contributed by atoms with E-state index in [1.54, 1.807) is 45.9 Å². The number of aromatic nitrogens is 4. The first-order valence-corrected chi connectivity index (χ1v) is 11.1. The van der Waals surface area contributed by atoms with Crippen molar-refractivity contribution < 1.29 is 14.0 Å². The molecule has 1 saturated heterocycles. The summed E-state index contributed by atoms with van der Waals surface area (Å²) in [5.41, 5.74) is 3.08. The number of hydrogen-bond acceptors (Lipinski definition) is 5. The van der Waals surface area contributed by atoms with Crippen LogP contribution in [0.4, 0.5) is 10.2 Å². The van der Waals surface area contributed by atoms with E-state index in [4.69, 9.17) is 9.97 Å². The fraction of sp³-hybridized carbons (Fsp3) is 0.375. The maximum absolute atomic E-state index is 13.2. The SMILES string of the molecule is Cc1nc([C@H]2CCCN2C(=O)c2ccnn2C)nc2c1CC(=O)N2CCc1ccc(F)cc1. The Morgan fingerprint density at radius 3 is 2.70 bits per heavy atom. The lowest BCUT2D eigenvalue weighted by Gasteiger charge is -2.25. The molecule has 170 valence electrons. The molecule has 0 N–H and O–H groups in total. The number of likely N-dealkylation sites (tertiary alicyclic amines) is 1. The standard InChI is InChI=1S/C24H25FN6O2/c1-15-18-14-21(32)31(13-10-16-5-7-17(25)8-6-16)23(18)28-22(27-15)19-4-3-12-30(19)24(33)20-9-11-26-29(20)2/h5-9,11,19H,3-4,10,12-14H2,1-2H3/t19-/m1/s1. The van der Waals surface area contributed by atoms with Crippen LogP contribution in [0.15, 0.2) is 36.5 Å². The predicted octanol–water partition coefficient (Wildman–Crippen LogP) is 2.77. The van der Waals surface area contributed by atoms with Gasteiger partial charge in [-0.2, -0.15) is 5.10 Å². The highest BCUT2D eigenvalue weighted by atomic mass is 19.1. The molecule has 1 aromatic carbocycles. The van der Waals surface area contributed by atoms with Gasteiger partial charge in [-0.25, -0.2) is 14.4 Å². The third kappa shape index (κ3) is 3.88. The van der Waals surface area contributed by atoms with E-state index in [2.05, 4.69) is 5.10 Å². The van der Waals surface area contributed by atoms with Crippen LogP contribution in [-0.2, 0) is 24.7 Å². The van der Waals surface area contributed by atoms with Crippen molar-refractivity contribution in [3.63, 3.8) is 0 Å². The number of anilines is 1. The van der Waals surface area contributed by atoms with Crippen molar-refractivity contribution in [3.8, 4) is 0 Å². The van der Waals surface area contributed by atoms with Crippen molar-refractivity contribution in [1.29, 1.82) is 0 Å². The molecule has 4 heterocycles. The van der Waals surface area contributed by atoms with E-state index in [1.807, 2.05) is 6.92 Å². The summed E-state index contributed by atoms with van der Waals surface area (Å²) >= 11 is 0. The van der Waals surface area contributed by atoms with Gasteiger partial charge in [0.2, 0.25) is 5.91 Å². The number of hydrogen-bond donors (Lipinski definition) is 0. The predicted molar refractivity (Wildman–Crippen MR) is 119 cm³/mol. The van der Waals surface area contributed by atoms with E-state index in [0.29, 0.717) is 36.8 Å². The van der Waals surface area contributed by atoms with Crippen molar-refractivity contribution in [2.45, 2.75) is 38.6 Å². The summed E-state index contributed by atoms with van der Waals surface area (Å²) in [6.07, 6.45) is 4.11. The van der Waals surface area contributed by atoms with Crippen LogP contribution < -0.4 is 4.90 Å². The van der Waals surface area contributed by atoms with Crippen molar-refractivity contribution in [3.05, 3.63) is 70.7 Å². The average molecular weight is 449 g/mol. The number of benzene rings is 1. The van der Waals surface area contributed by atoms with E-state index in [-0.39, 0.29) is 30.1 Å². The largest absolute Gasteiger partial charge is 0.327 e. The van der Waals surface area contributed by atoms with Gasteiger partial charge in [-0.1, -0.05) is 12.1 Å². The molecule has 9 heteroatoms. The Labute approximate surface area is 191 Å². The lowest BCUT2D eigenvalue weighted by molar-refractivity contribution is -0.117. The van der Waals surface area contributed by atoms with E-state index < -0.39 is 0 Å². The highest BCUT2D eigenvalue weighted by Gasteiger charge is 2.37. The summed E-state index contributed by atoms with van der Waals surface area (Å²) < 4.78 is 14.8. The second-order valence-electron chi connectivity index (χ2n) is 8.56. The highest BCUT2D eigenvalue weighted by molar-refractivity contribution is 6.00. The Balaban J connectivity index is 1.42. The molecule has 2 aliphatic heterocycles. The highest BCUT2D eigenvalue weighted by Crippen LogP contribution is 2.35. The Morgan fingerprint density at radius 2 is 1.97 bits per heavy atom. The molecule has 0 spiro atoms. The fourth-order valence-electron chi connectivity index (χ4n) is 4.68. The van der Waals surface area contributed by atoms with Crippen LogP contribution >= 0.6 is 0 Å². The minimum atomic E-state index is -0.281. The Kier molecular flexibility index (Phi) is 5.39. The lowest BCUT2D eigenvalue weighted by Crippen LogP contribution is -2.33. The van der Waals surface area contributed by atoms with Crippen molar-refractivity contribution in [2.75, 3.05) is 18.0 Å². The molecule has 33 heavy (non-hydrogen) atoms. The summed E-state index contributed by atoms with van der Waals surface area (Å²) in [4.78, 5) is 38.9. The van der Waals surface area contributed by atoms with Gasteiger partial charge in [-0.3, -0.25) is 19.2 Å². The third-order valence-corrected chi connectivity index (χ3v) is 6.48. The first-order chi connectivity index (χ1) is 15.9. The van der Waals surface area contributed by atoms with Crippen LogP contribution in [0.25, 0.3) is 0 Å². The maximum atomic E-state index is 13.2. The molecular weight excluding hydrogens is 423 g/mol. The first kappa shape index (κ1) is 21.2. The second-order valence-corrected chi connectivity index (χ2v) is 8.56. The molecule has 3 aromatic rings. The summed E-state index contributed by atoms with van der Waals surface area (Å²) in [5, 5.41) is 4.11. The van der Waals surface area contributed by atoms with E-state index in [9.17, 15) is 14.0 Å². The number of rotatable bonds is 5. The number of halogens is 1. The van der Waals surface area contributed by atoms with E-state index >= 15 is 0 Å². The van der Waals surface area contributed by atoms with Gasteiger partial charge in [-0.05, 0) is 49.9 Å². The molecule has 2 aromatic heterocycles. The Morgan fingerprint density at radius 1 is 1.18 bits per heavy atom. The van der Waals surface area contributed by atoms with Crippen molar-refractivity contribution in [2.24, 2.45) is 7.05 Å². The quantitative estimate of drug-likeness (QED) is 0.599. The smallest absolute Gasteiger partial charge is 0.272 e. The number of nitrogens with zero attached hydrogens (tertiary/aromatic N) is 6. The molecule has 0 unspecified atom stereocenters. The number of carbonyl (C=O) groups excluding carboxylic acids is 2. The summed E-state index contributed by atoms with van der Waals surface area (Å²) in [5.74, 6) is 0.806. The number of amides is 2. The average Bonchev–Trinajstić information content (AvgIpc) is 3.52. The van der Waals surface area contributed by atoms with Gasteiger partial charge in [0.15, 0.2) is 5.82 Å². The lowest BCUT2D eigenvalue weighted by atomic mass is 10.1. The van der Waals surface area contributed by atoms with Gasteiger partial charge in [0, 0.05) is 37.6 Å². The molecule has 0 aliphatic carbocycles. The maximum Gasteiger partial charge on any atom is 0.272 e. The number of fused-ring (bicyclic) bond motifs is 1. The van der Waals surface area contributed by atoms with Crippen molar-refractivity contribution in [1.82, 2.24) is 24.6 Å². The monoisotopic (exact) mass is 448 g/mol. The Bertz CT molecular complexity index is 1220. The number of carbonyl (C=O) groups is 2. The molecule has 8 nitrogen and oxygen atoms in total. The summed E-state index contributed by atoms with van der Waals surface area (Å²) in [6.45, 7) is 2.97. The molecule has 5 rings (SSSR count). The fourth-order valence-corrected chi connectivity index (χ4v) is 4.68. The zero-order valence-corrected chi connectivity index (χ0v) is 18.7.